The van der Waals surface area contributed by atoms with Gasteiger partial charge in [-0.3, -0.25) is 0 Å². The van der Waals surface area contributed by atoms with Crippen molar-refractivity contribution >= 4 is 10.2 Å². The molecule has 0 spiro atoms. The Morgan fingerprint density at radius 3 is 2.67 bits per heavy atom. The smallest absolute Gasteiger partial charge is 0.194 e. The Balaban J connectivity index is 2.39. The lowest BCUT2D eigenvalue weighted by Gasteiger charge is -2.18. The highest BCUT2D eigenvalue weighted by molar-refractivity contribution is 7.85. The van der Waals surface area contributed by atoms with Crippen molar-refractivity contribution in [2.24, 2.45) is 0 Å². The number of benzene rings is 1. The van der Waals surface area contributed by atoms with Crippen LogP contribution < -0.4 is 0 Å². The highest BCUT2D eigenvalue weighted by Gasteiger charge is 2.17. The summed E-state index contributed by atoms with van der Waals surface area (Å²) in [7, 11) is -4.41. The van der Waals surface area contributed by atoms with Gasteiger partial charge in [-0.05, 0) is 42.4 Å². The van der Waals surface area contributed by atoms with Crippen molar-refractivity contribution in [2.75, 3.05) is 0 Å². The fraction of sp³-hybridized carbons (Fsp3) is 0.455. The van der Waals surface area contributed by atoms with Crippen LogP contribution in [-0.2, 0) is 28.8 Å². The van der Waals surface area contributed by atoms with Crippen LogP contribution in [0.25, 0.3) is 0 Å². The average Bonchev–Trinajstić information content (AvgIpc) is 2.16. The van der Waals surface area contributed by atoms with Crippen molar-refractivity contribution in [1.29, 1.82) is 0 Å². The number of fused-ring (bicyclic) bond motifs is 1. The van der Waals surface area contributed by atoms with Gasteiger partial charge in [0.15, 0.2) is 0 Å². The van der Waals surface area contributed by atoms with E-state index in [1.54, 1.807) is 6.07 Å². The SMILES string of the molecule is O=S(=O)(F)Cc1cccc2c1CCCC2. The summed E-state index contributed by atoms with van der Waals surface area (Å²) in [6, 6.07) is 5.52. The predicted octanol–water partition coefficient (Wildman–Crippen LogP) is 2.36. The van der Waals surface area contributed by atoms with E-state index in [1.165, 1.54) is 5.56 Å². The molecule has 0 N–H and O–H groups in total. The van der Waals surface area contributed by atoms with E-state index in [9.17, 15) is 12.3 Å². The minimum atomic E-state index is -4.41. The first-order valence-electron chi connectivity index (χ1n) is 5.08. The molecule has 0 amide bonds. The lowest BCUT2D eigenvalue weighted by atomic mass is 9.89. The lowest BCUT2D eigenvalue weighted by molar-refractivity contribution is 0.550. The third-order valence-corrected chi connectivity index (χ3v) is 3.48. The highest BCUT2D eigenvalue weighted by atomic mass is 32.3. The van der Waals surface area contributed by atoms with E-state index in [4.69, 9.17) is 0 Å². The van der Waals surface area contributed by atoms with E-state index in [2.05, 4.69) is 0 Å². The van der Waals surface area contributed by atoms with Crippen LogP contribution in [0.1, 0.15) is 29.5 Å². The van der Waals surface area contributed by atoms with Gasteiger partial charge in [-0.15, -0.1) is 3.89 Å². The Bertz CT molecular complexity index is 465. The zero-order valence-corrected chi connectivity index (χ0v) is 9.19. The molecule has 0 radical (unpaired) electrons. The predicted molar refractivity (Wildman–Crippen MR) is 56.8 cm³/mol. The topological polar surface area (TPSA) is 34.1 Å². The van der Waals surface area contributed by atoms with Gasteiger partial charge >= 0.3 is 10.2 Å². The van der Waals surface area contributed by atoms with Crippen LogP contribution >= 0.6 is 0 Å². The molecule has 1 aromatic rings. The first-order valence-corrected chi connectivity index (χ1v) is 6.63. The zero-order valence-electron chi connectivity index (χ0n) is 8.37. The van der Waals surface area contributed by atoms with Crippen LogP contribution in [0.5, 0.6) is 0 Å². The van der Waals surface area contributed by atoms with E-state index in [1.807, 2.05) is 12.1 Å². The van der Waals surface area contributed by atoms with Gasteiger partial charge in [0.05, 0.1) is 0 Å². The van der Waals surface area contributed by atoms with Gasteiger partial charge in [-0.2, -0.15) is 8.42 Å². The van der Waals surface area contributed by atoms with Crippen LogP contribution in [0.4, 0.5) is 3.89 Å². The van der Waals surface area contributed by atoms with Gasteiger partial charge in [0.25, 0.3) is 0 Å². The molecule has 0 saturated carbocycles. The van der Waals surface area contributed by atoms with Gasteiger partial charge in [0.1, 0.15) is 5.75 Å². The van der Waals surface area contributed by atoms with E-state index >= 15 is 0 Å². The van der Waals surface area contributed by atoms with E-state index in [0.717, 1.165) is 31.2 Å². The van der Waals surface area contributed by atoms with Crippen molar-refractivity contribution in [1.82, 2.24) is 0 Å². The normalized spacial score (nSPS) is 16.1. The number of hydrogen-bond donors (Lipinski definition) is 0. The van der Waals surface area contributed by atoms with Gasteiger partial charge in [-0.1, -0.05) is 18.2 Å². The molecular weight excluding hydrogens is 215 g/mol. The van der Waals surface area contributed by atoms with E-state index in [0.29, 0.717) is 5.56 Å². The Hall–Kier alpha value is -0.900. The number of hydrogen-bond acceptors (Lipinski definition) is 2. The summed E-state index contributed by atoms with van der Waals surface area (Å²) in [6.45, 7) is 0. The van der Waals surface area contributed by atoms with E-state index in [-0.39, 0.29) is 0 Å². The van der Waals surface area contributed by atoms with Gasteiger partial charge in [-0.25, -0.2) is 0 Å². The first-order chi connectivity index (χ1) is 7.06. The van der Waals surface area contributed by atoms with Crippen molar-refractivity contribution in [2.45, 2.75) is 31.4 Å². The molecule has 0 fully saturated rings. The summed E-state index contributed by atoms with van der Waals surface area (Å²) in [5.41, 5.74) is 2.86. The fourth-order valence-electron chi connectivity index (χ4n) is 2.18. The second-order valence-electron chi connectivity index (χ2n) is 3.95. The largest absolute Gasteiger partial charge is 0.306 e. The number of rotatable bonds is 2. The van der Waals surface area contributed by atoms with Crippen molar-refractivity contribution in [3.63, 3.8) is 0 Å². The Labute approximate surface area is 89.3 Å². The molecule has 0 aromatic heterocycles. The minimum absolute atomic E-state index is 0.476. The third-order valence-electron chi connectivity index (χ3n) is 2.82. The summed E-state index contributed by atoms with van der Waals surface area (Å²) in [4.78, 5) is 0. The summed E-state index contributed by atoms with van der Waals surface area (Å²) < 4.78 is 33.9. The van der Waals surface area contributed by atoms with Crippen LogP contribution in [0.3, 0.4) is 0 Å². The highest BCUT2D eigenvalue weighted by Crippen LogP contribution is 2.25. The quantitative estimate of drug-likeness (QED) is 0.728. The molecule has 0 aliphatic heterocycles. The Kier molecular flexibility index (Phi) is 2.78. The van der Waals surface area contributed by atoms with E-state index < -0.39 is 16.0 Å². The van der Waals surface area contributed by atoms with Crippen LogP contribution in [-0.4, -0.2) is 8.42 Å². The molecule has 0 heterocycles. The molecule has 15 heavy (non-hydrogen) atoms. The molecule has 0 bridgehead atoms. The van der Waals surface area contributed by atoms with Crippen LogP contribution in [0.15, 0.2) is 18.2 Å². The summed E-state index contributed by atoms with van der Waals surface area (Å²) in [5, 5.41) is 0. The molecule has 0 unspecified atom stereocenters. The minimum Gasteiger partial charge on any atom is -0.194 e. The van der Waals surface area contributed by atoms with Crippen molar-refractivity contribution in [3.8, 4) is 0 Å². The molecule has 2 nitrogen and oxygen atoms in total. The van der Waals surface area contributed by atoms with Crippen molar-refractivity contribution < 1.29 is 12.3 Å². The molecule has 82 valence electrons. The maximum Gasteiger partial charge on any atom is 0.306 e. The number of halogens is 1. The second-order valence-corrected chi connectivity index (χ2v) is 5.31. The fourth-order valence-corrected chi connectivity index (χ4v) is 2.82. The van der Waals surface area contributed by atoms with Crippen LogP contribution in [0.2, 0.25) is 0 Å². The molecule has 0 saturated heterocycles. The number of aryl methyl sites for hydroxylation is 1. The first kappa shape index (κ1) is 10.6. The second kappa shape index (κ2) is 3.93. The maximum atomic E-state index is 12.6. The zero-order chi connectivity index (χ0) is 10.9. The lowest BCUT2D eigenvalue weighted by Crippen LogP contribution is -2.08. The maximum absolute atomic E-state index is 12.6. The molecule has 2 rings (SSSR count). The van der Waals surface area contributed by atoms with Crippen LogP contribution in [0, 0.1) is 0 Å². The monoisotopic (exact) mass is 228 g/mol. The summed E-state index contributed by atoms with van der Waals surface area (Å²) >= 11 is 0. The van der Waals surface area contributed by atoms with Gasteiger partial charge in [0.2, 0.25) is 0 Å². The molecule has 4 heteroatoms. The van der Waals surface area contributed by atoms with Gasteiger partial charge in [0, 0.05) is 0 Å². The third kappa shape index (κ3) is 2.56. The Morgan fingerprint density at radius 2 is 1.93 bits per heavy atom. The summed E-state index contributed by atoms with van der Waals surface area (Å²) in [6.07, 6.45) is 4.06. The standard InChI is InChI=1S/C11H13FO2S/c12-15(13,14)8-10-6-3-5-9-4-1-2-7-11(9)10/h3,5-6H,1-2,4,7-8H2. The molecule has 1 aliphatic rings. The molecular formula is C11H13FO2S. The van der Waals surface area contributed by atoms with Gasteiger partial charge < -0.3 is 0 Å². The molecule has 1 aromatic carbocycles. The summed E-state index contributed by atoms with van der Waals surface area (Å²) in [5.74, 6) is -0.476. The molecule has 0 atom stereocenters. The Morgan fingerprint density at radius 1 is 1.20 bits per heavy atom. The molecule has 1 aliphatic carbocycles. The van der Waals surface area contributed by atoms with Crippen molar-refractivity contribution in [3.05, 3.63) is 34.9 Å². The average molecular weight is 228 g/mol.